The molecule has 29 heavy (non-hydrogen) atoms. The number of H-pyrrole nitrogens is 1. The molecule has 0 aliphatic carbocycles. The van der Waals surface area contributed by atoms with Gasteiger partial charge in [-0.15, -0.1) is 0 Å². The van der Waals surface area contributed by atoms with Crippen LogP contribution in [0.3, 0.4) is 0 Å². The lowest BCUT2D eigenvalue weighted by molar-refractivity contribution is -0.125. The number of carbonyl (C=O) groups excluding carboxylic acids is 1. The second-order valence-electron chi connectivity index (χ2n) is 6.16. The first-order valence-corrected chi connectivity index (χ1v) is 9.80. The zero-order valence-corrected chi connectivity index (χ0v) is 17.8. The first kappa shape index (κ1) is 20.8. The maximum atomic E-state index is 11.9. The SMILES string of the molecule is COc1cc(Cl)c(-c2nc(SCC(=O)N(C)C)nc3[nH]cc(C#N)c23)cc1OC. The highest BCUT2D eigenvalue weighted by Crippen LogP contribution is 2.40. The Labute approximate surface area is 176 Å². The number of halogens is 1. The molecule has 1 aromatic carbocycles. The van der Waals surface area contributed by atoms with Crippen LogP contribution >= 0.6 is 23.4 Å². The Bertz CT molecular complexity index is 1120. The Morgan fingerprint density at radius 3 is 2.59 bits per heavy atom. The van der Waals surface area contributed by atoms with Crippen LogP contribution in [0.4, 0.5) is 0 Å². The summed E-state index contributed by atoms with van der Waals surface area (Å²) >= 11 is 7.70. The Balaban J connectivity index is 2.19. The first-order chi connectivity index (χ1) is 13.9. The molecule has 1 amide bonds. The van der Waals surface area contributed by atoms with E-state index in [4.69, 9.17) is 21.1 Å². The van der Waals surface area contributed by atoms with E-state index in [2.05, 4.69) is 21.0 Å². The number of fused-ring (bicyclic) bond motifs is 1. The quantitative estimate of drug-likeness (QED) is 0.471. The average molecular weight is 432 g/mol. The average Bonchev–Trinajstić information content (AvgIpc) is 3.14. The Morgan fingerprint density at radius 2 is 1.97 bits per heavy atom. The molecule has 0 spiro atoms. The zero-order valence-electron chi connectivity index (χ0n) is 16.2. The number of methoxy groups -OCH3 is 2. The van der Waals surface area contributed by atoms with Crippen molar-refractivity contribution in [2.45, 2.75) is 5.16 Å². The Hall–Kier alpha value is -2.96. The second-order valence-corrected chi connectivity index (χ2v) is 7.51. The number of benzene rings is 1. The smallest absolute Gasteiger partial charge is 0.232 e. The fourth-order valence-corrected chi connectivity index (χ4v) is 3.72. The number of nitrogens with zero attached hydrogens (tertiary/aromatic N) is 4. The number of amides is 1. The fourth-order valence-electron chi connectivity index (χ4n) is 2.65. The maximum Gasteiger partial charge on any atom is 0.232 e. The van der Waals surface area contributed by atoms with Crippen LogP contribution in [-0.4, -0.2) is 59.8 Å². The van der Waals surface area contributed by atoms with Crippen LogP contribution < -0.4 is 9.47 Å². The number of hydrogen-bond donors (Lipinski definition) is 1. The van der Waals surface area contributed by atoms with Crippen molar-refractivity contribution in [1.29, 1.82) is 5.26 Å². The summed E-state index contributed by atoms with van der Waals surface area (Å²) in [6.45, 7) is 0. The van der Waals surface area contributed by atoms with E-state index < -0.39 is 0 Å². The summed E-state index contributed by atoms with van der Waals surface area (Å²) in [6.07, 6.45) is 1.57. The van der Waals surface area contributed by atoms with Crippen LogP contribution in [-0.2, 0) is 4.79 Å². The van der Waals surface area contributed by atoms with Gasteiger partial charge in [0.05, 0.1) is 41.6 Å². The number of ether oxygens (including phenoxy) is 2. The third kappa shape index (κ3) is 4.09. The van der Waals surface area contributed by atoms with Crippen molar-refractivity contribution in [2.24, 2.45) is 0 Å². The van der Waals surface area contributed by atoms with Gasteiger partial charge in [-0.05, 0) is 6.07 Å². The van der Waals surface area contributed by atoms with Crippen molar-refractivity contribution in [3.63, 3.8) is 0 Å². The minimum atomic E-state index is -0.0615. The van der Waals surface area contributed by atoms with Gasteiger partial charge in [-0.25, -0.2) is 9.97 Å². The minimum absolute atomic E-state index is 0.0615. The zero-order chi connectivity index (χ0) is 21.1. The number of carbonyl (C=O) groups is 1. The number of rotatable bonds is 6. The van der Waals surface area contributed by atoms with E-state index in [0.717, 1.165) is 0 Å². The van der Waals surface area contributed by atoms with E-state index >= 15 is 0 Å². The maximum absolute atomic E-state index is 11.9. The minimum Gasteiger partial charge on any atom is -0.493 e. The number of aromatic nitrogens is 3. The van der Waals surface area contributed by atoms with Gasteiger partial charge in [0, 0.05) is 31.9 Å². The molecule has 0 unspecified atom stereocenters. The predicted molar refractivity (Wildman–Crippen MR) is 112 cm³/mol. The number of aromatic amines is 1. The van der Waals surface area contributed by atoms with E-state index in [-0.39, 0.29) is 11.7 Å². The molecule has 150 valence electrons. The Morgan fingerprint density at radius 1 is 1.28 bits per heavy atom. The summed E-state index contributed by atoms with van der Waals surface area (Å²) in [6, 6.07) is 5.47. The van der Waals surface area contributed by atoms with Gasteiger partial charge >= 0.3 is 0 Å². The molecule has 0 radical (unpaired) electrons. The van der Waals surface area contributed by atoms with Crippen molar-refractivity contribution >= 4 is 40.3 Å². The normalized spacial score (nSPS) is 10.6. The highest BCUT2D eigenvalue weighted by Gasteiger charge is 2.20. The molecule has 0 aliphatic rings. The molecule has 3 aromatic rings. The van der Waals surface area contributed by atoms with Gasteiger partial charge in [0.25, 0.3) is 0 Å². The van der Waals surface area contributed by atoms with E-state index in [1.54, 1.807) is 32.4 Å². The van der Waals surface area contributed by atoms with Gasteiger partial charge in [0.1, 0.15) is 11.7 Å². The van der Waals surface area contributed by atoms with Gasteiger partial charge in [-0.2, -0.15) is 5.26 Å². The van der Waals surface area contributed by atoms with Crippen LogP contribution in [0.1, 0.15) is 5.56 Å². The fraction of sp³-hybridized carbons (Fsp3) is 0.263. The lowest BCUT2D eigenvalue weighted by Gasteiger charge is -2.13. The molecular formula is C19H18ClN5O3S. The topological polar surface area (TPSA) is 104 Å². The van der Waals surface area contributed by atoms with Gasteiger partial charge in [-0.3, -0.25) is 4.79 Å². The number of hydrogen-bond acceptors (Lipinski definition) is 7. The molecule has 3 rings (SSSR count). The number of nitriles is 1. The van der Waals surface area contributed by atoms with Crippen molar-refractivity contribution in [1.82, 2.24) is 19.9 Å². The highest BCUT2D eigenvalue weighted by molar-refractivity contribution is 7.99. The summed E-state index contributed by atoms with van der Waals surface area (Å²) in [4.78, 5) is 25.5. The predicted octanol–water partition coefficient (Wildman–Crippen LogP) is 3.35. The molecule has 0 saturated carbocycles. The van der Waals surface area contributed by atoms with Crippen LogP contribution in [0.15, 0.2) is 23.5 Å². The molecule has 8 nitrogen and oxygen atoms in total. The molecule has 2 aromatic heterocycles. The molecule has 10 heteroatoms. The van der Waals surface area contributed by atoms with Crippen molar-refractivity contribution in [3.8, 4) is 28.8 Å². The summed E-state index contributed by atoms with van der Waals surface area (Å²) in [5, 5.41) is 10.8. The van der Waals surface area contributed by atoms with Gasteiger partial charge < -0.3 is 19.4 Å². The monoisotopic (exact) mass is 431 g/mol. The number of thioether (sulfide) groups is 1. The Kier molecular flexibility index (Phi) is 6.15. The van der Waals surface area contributed by atoms with Crippen LogP contribution in [0.5, 0.6) is 11.5 Å². The summed E-state index contributed by atoms with van der Waals surface area (Å²) in [7, 11) is 6.42. The highest BCUT2D eigenvalue weighted by atomic mass is 35.5. The third-order valence-electron chi connectivity index (χ3n) is 4.18. The van der Waals surface area contributed by atoms with Gasteiger partial charge in [-0.1, -0.05) is 23.4 Å². The molecule has 1 N–H and O–H groups in total. The standard InChI is InChI=1S/C19H18ClN5O3S/c1-25(2)15(26)9-29-19-23-17(16-10(7-21)8-22-18(16)24-19)11-5-13(27-3)14(28-4)6-12(11)20/h5-6,8H,9H2,1-4H3,(H,22,23,24). The van der Waals surface area contributed by atoms with Gasteiger partial charge in [0.2, 0.25) is 5.91 Å². The van der Waals surface area contributed by atoms with E-state index in [9.17, 15) is 10.1 Å². The van der Waals surface area contributed by atoms with E-state index in [0.29, 0.717) is 49.5 Å². The van der Waals surface area contributed by atoms with Gasteiger partial charge in [0.15, 0.2) is 16.7 Å². The van der Waals surface area contributed by atoms with Crippen molar-refractivity contribution < 1.29 is 14.3 Å². The molecule has 0 aliphatic heterocycles. The lowest BCUT2D eigenvalue weighted by atomic mass is 10.1. The van der Waals surface area contributed by atoms with Crippen LogP contribution in [0.2, 0.25) is 5.02 Å². The molecule has 0 bridgehead atoms. The van der Waals surface area contributed by atoms with Crippen LogP contribution in [0.25, 0.3) is 22.3 Å². The molecule has 0 saturated heterocycles. The summed E-state index contributed by atoms with van der Waals surface area (Å²) < 4.78 is 10.7. The largest absolute Gasteiger partial charge is 0.493 e. The van der Waals surface area contributed by atoms with Crippen molar-refractivity contribution in [3.05, 3.63) is 28.9 Å². The first-order valence-electron chi connectivity index (χ1n) is 8.43. The second kappa shape index (κ2) is 8.59. The summed E-state index contributed by atoms with van der Waals surface area (Å²) in [5.74, 6) is 1.08. The number of nitrogens with one attached hydrogen (secondary N) is 1. The molecular weight excluding hydrogens is 414 g/mol. The third-order valence-corrected chi connectivity index (χ3v) is 5.33. The lowest BCUT2D eigenvalue weighted by Crippen LogP contribution is -2.23. The molecule has 0 fully saturated rings. The van der Waals surface area contributed by atoms with E-state index in [1.165, 1.54) is 30.9 Å². The van der Waals surface area contributed by atoms with E-state index in [1.807, 2.05) is 0 Å². The summed E-state index contributed by atoms with van der Waals surface area (Å²) in [5.41, 5.74) is 1.91. The molecule has 2 heterocycles. The van der Waals surface area contributed by atoms with Crippen molar-refractivity contribution in [2.75, 3.05) is 34.1 Å². The van der Waals surface area contributed by atoms with Crippen LogP contribution in [0, 0.1) is 11.3 Å². The molecule has 0 atom stereocenters.